The third-order valence-corrected chi connectivity index (χ3v) is 2.38. The van der Waals surface area contributed by atoms with Crippen molar-refractivity contribution in [2.45, 2.75) is 0 Å². The van der Waals surface area contributed by atoms with Gasteiger partial charge in [-0.1, -0.05) is 12.1 Å². The van der Waals surface area contributed by atoms with Gasteiger partial charge in [0, 0.05) is 11.6 Å². The molecule has 0 aliphatic carbocycles. The monoisotopic (exact) mass is 232 g/mol. The van der Waals surface area contributed by atoms with E-state index in [1.807, 2.05) is 0 Å². The first-order chi connectivity index (χ1) is 8.17. The van der Waals surface area contributed by atoms with Gasteiger partial charge in [0.25, 0.3) is 5.56 Å². The van der Waals surface area contributed by atoms with E-state index in [1.54, 1.807) is 6.07 Å². The molecule has 86 valence electrons. The van der Waals surface area contributed by atoms with Crippen LogP contribution in [-0.4, -0.2) is 16.9 Å². The van der Waals surface area contributed by atoms with Crippen LogP contribution in [0.5, 0.6) is 0 Å². The van der Waals surface area contributed by atoms with Gasteiger partial charge in [0.2, 0.25) is 0 Å². The van der Waals surface area contributed by atoms with E-state index in [2.05, 4.69) is 10.1 Å². The summed E-state index contributed by atoms with van der Waals surface area (Å²) in [6, 6.07) is 5.89. The van der Waals surface area contributed by atoms with Crippen LogP contribution in [0.3, 0.4) is 0 Å². The lowest BCUT2D eigenvalue weighted by molar-refractivity contribution is 0.636. The van der Waals surface area contributed by atoms with E-state index in [1.165, 1.54) is 18.2 Å². The molecule has 4 N–H and O–H groups in total. The molecule has 2 rings (SSSR count). The number of benzene rings is 1. The molecular weight excluding hydrogens is 223 g/mol. The third-order valence-electron chi connectivity index (χ3n) is 2.38. The molecule has 0 saturated carbocycles. The van der Waals surface area contributed by atoms with E-state index in [0.717, 1.165) is 6.21 Å². The SMILES string of the molecule is N=CC(=NN)c1cc2cccc(F)c2[nH]c1=O. The summed E-state index contributed by atoms with van der Waals surface area (Å²) in [5.41, 5.74) is -0.226. The zero-order valence-electron chi connectivity index (χ0n) is 8.70. The lowest BCUT2D eigenvalue weighted by Crippen LogP contribution is -2.20. The highest BCUT2D eigenvalue weighted by molar-refractivity contribution is 6.37. The molecule has 0 fully saturated rings. The second-order valence-corrected chi connectivity index (χ2v) is 3.37. The summed E-state index contributed by atoms with van der Waals surface area (Å²) in [7, 11) is 0. The Morgan fingerprint density at radius 3 is 2.94 bits per heavy atom. The Kier molecular flexibility index (Phi) is 2.70. The van der Waals surface area contributed by atoms with Crippen LogP contribution in [0, 0.1) is 11.2 Å². The molecule has 1 aromatic carbocycles. The summed E-state index contributed by atoms with van der Waals surface area (Å²) < 4.78 is 13.4. The molecule has 0 saturated heterocycles. The summed E-state index contributed by atoms with van der Waals surface area (Å²) in [6.45, 7) is 0. The van der Waals surface area contributed by atoms with Crippen LogP contribution in [0.25, 0.3) is 10.9 Å². The number of H-pyrrole nitrogens is 1. The zero-order valence-corrected chi connectivity index (χ0v) is 8.70. The molecule has 0 aliphatic rings. The van der Waals surface area contributed by atoms with Crippen LogP contribution in [-0.2, 0) is 0 Å². The van der Waals surface area contributed by atoms with Gasteiger partial charge in [-0.25, -0.2) is 4.39 Å². The number of aromatic nitrogens is 1. The maximum Gasteiger partial charge on any atom is 0.258 e. The van der Waals surface area contributed by atoms with Crippen LogP contribution in [0.1, 0.15) is 5.56 Å². The highest BCUT2D eigenvalue weighted by Gasteiger charge is 2.09. The first-order valence-corrected chi connectivity index (χ1v) is 4.77. The number of nitrogens with two attached hydrogens (primary N) is 1. The molecule has 0 radical (unpaired) electrons. The van der Waals surface area contributed by atoms with E-state index in [9.17, 15) is 9.18 Å². The van der Waals surface area contributed by atoms with E-state index in [0.29, 0.717) is 5.39 Å². The van der Waals surface area contributed by atoms with Crippen molar-refractivity contribution in [3.63, 3.8) is 0 Å². The zero-order chi connectivity index (χ0) is 12.4. The van der Waals surface area contributed by atoms with Crippen LogP contribution >= 0.6 is 0 Å². The van der Waals surface area contributed by atoms with Gasteiger partial charge >= 0.3 is 0 Å². The van der Waals surface area contributed by atoms with Crippen LogP contribution in [0.15, 0.2) is 34.2 Å². The topological polar surface area (TPSA) is 95.1 Å². The predicted octanol–water partition coefficient (Wildman–Crippen LogP) is 0.980. The largest absolute Gasteiger partial charge is 0.323 e. The number of hydrazone groups is 1. The molecule has 0 amide bonds. The summed E-state index contributed by atoms with van der Waals surface area (Å²) in [5.74, 6) is 4.56. The van der Waals surface area contributed by atoms with Crippen molar-refractivity contribution < 1.29 is 4.39 Å². The van der Waals surface area contributed by atoms with Gasteiger partial charge in [-0.2, -0.15) is 5.10 Å². The minimum Gasteiger partial charge on any atom is -0.323 e. The molecule has 1 aromatic heterocycles. The molecule has 17 heavy (non-hydrogen) atoms. The molecular formula is C11H9FN4O. The van der Waals surface area contributed by atoms with E-state index >= 15 is 0 Å². The minimum absolute atomic E-state index is 0.0393. The van der Waals surface area contributed by atoms with Crippen LogP contribution in [0.2, 0.25) is 0 Å². The summed E-state index contributed by atoms with van der Waals surface area (Å²) >= 11 is 0. The van der Waals surface area contributed by atoms with E-state index < -0.39 is 11.4 Å². The first kappa shape index (κ1) is 11.0. The second-order valence-electron chi connectivity index (χ2n) is 3.37. The summed E-state index contributed by atoms with van der Waals surface area (Å²) in [5, 5.41) is 10.9. The van der Waals surface area contributed by atoms with Gasteiger partial charge in [-0.05, 0) is 12.1 Å². The van der Waals surface area contributed by atoms with Crippen LogP contribution < -0.4 is 11.4 Å². The Balaban J connectivity index is 2.81. The standard InChI is InChI=1S/C11H9FN4O/c12-8-3-1-2-6-4-7(9(5-13)16-14)11(17)15-10(6)8/h1-5,13H,14H2,(H,15,17). The lowest BCUT2D eigenvalue weighted by Gasteiger charge is -2.02. The van der Waals surface area contributed by atoms with Crippen LogP contribution in [0.4, 0.5) is 4.39 Å². The highest BCUT2D eigenvalue weighted by atomic mass is 19.1. The summed E-state index contributed by atoms with van der Waals surface area (Å²) in [4.78, 5) is 14.1. The molecule has 0 unspecified atom stereocenters. The molecule has 2 aromatic rings. The smallest absolute Gasteiger partial charge is 0.258 e. The molecule has 0 bridgehead atoms. The number of rotatable bonds is 2. The summed E-state index contributed by atoms with van der Waals surface area (Å²) in [6.07, 6.45) is 0.871. The molecule has 0 spiro atoms. The molecule has 0 atom stereocenters. The van der Waals surface area contributed by atoms with Crippen molar-refractivity contribution >= 4 is 22.8 Å². The predicted molar refractivity (Wildman–Crippen MR) is 64.0 cm³/mol. The number of nitrogens with one attached hydrogen (secondary N) is 2. The Labute approximate surface area is 95.3 Å². The second kappa shape index (κ2) is 4.17. The van der Waals surface area contributed by atoms with Gasteiger partial charge in [-0.3, -0.25) is 4.79 Å². The number of nitrogens with zero attached hydrogens (tertiary/aromatic N) is 1. The van der Waals surface area contributed by atoms with Crippen molar-refractivity contribution in [3.05, 3.63) is 46.0 Å². The number of para-hydroxylation sites is 1. The van der Waals surface area contributed by atoms with Crippen molar-refractivity contribution in [2.24, 2.45) is 10.9 Å². The lowest BCUT2D eigenvalue weighted by atomic mass is 10.1. The van der Waals surface area contributed by atoms with Crippen molar-refractivity contribution in [3.8, 4) is 0 Å². The number of hydrogen-bond acceptors (Lipinski definition) is 4. The van der Waals surface area contributed by atoms with Gasteiger partial charge in [0.15, 0.2) is 0 Å². The first-order valence-electron chi connectivity index (χ1n) is 4.77. The Bertz CT molecular complexity index is 675. The number of aromatic amines is 1. The fourth-order valence-electron chi connectivity index (χ4n) is 1.57. The van der Waals surface area contributed by atoms with Crippen molar-refractivity contribution in [2.75, 3.05) is 0 Å². The minimum atomic E-state index is -0.532. The number of halogens is 1. The third kappa shape index (κ3) is 1.80. The maximum absolute atomic E-state index is 13.4. The van der Waals surface area contributed by atoms with Gasteiger partial charge in [0.1, 0.15) is 11.5 Å². The Hall–Kier alpha value is -2.50. The average Bonchev–Trinajstić information content (AvgIpc) is 2.33. The molecule has 0 aliphatic heterocycles. The molecule has 1 heterocycles. The molecule has 6 heteroatoms. The number of fused-ring (bicyclic) bond motifs is 1. The van der Waals surface area contributed by atoms with Crippen molar-refractivity contribution in [1.29, 1.82) is 5.41 Å². The highest BCUT2D eigenvalue weighted by Crippen LogP contribution is 2.14. The normalized spacial score (nSPS) is 11.7. The fraction of sp³-hybridized carbons (Fsp3) is 0. The molecule has 5 nitrogen and oxygen atoms in total. The Morgan fingerprint density at radius 1 is 1.53 bits per heavy atom. The fourth-order valence-corrected chi connectivity index (χ4v) is 1.57. The number of pyridine rings is 1. The maximum atomic E-state index is 13.4. The van der Waals surface area contributed by atoms with E-state index in [-0.39, 0.29) is 16.8 Å². The average molecular weight is 232 g/mol. The number of hydrogen-bond donors (Lipinski definition) is 3. The van der Waals surface area contributed by atoms with Crippen molar-refractivity contribution in [1.82, 2.24) is 4.98 Å². The van der Waals surface area contributed by atoms with Gasteiger partial charge in [0.05, 0.1) is 11.1 Å². The van der Waals surface area contributed by atoms with Gasteiger partial charge in [-0.15, -0.1) is 0 Å². The van der Waals surface area contributed by atoms with E-state index in [4.69, 9.17) is 11.3 Å². The Morgan fingerprint density at radius 2 is 2.29 bits per heavy atom. The quantitative estimate of drug-likeness (QED) is 0.409. The van der Waals surface area contributed by atoms with Gasteiger partial charge < -0.3 is 16.2 Å².